The minimum absolute atomic E-state index is 0.260. The molecule has 0 aromatic heterocycles. The van der Waals surface area contributed by atoms with Crippen molar-refractivity contribution in [3.8, 4) is 0 Å². The van der Waals surface area contributed by atoms with E-state index in [0.717, 1.165) is 31.1 Å². The van der Waals surface area contributed by atoms with Crippen molar-refractivity contribution < 1.29 is 4.79 Å². The van der Waals surface area contributed by atoms with E-state index in [-0.39, 0.29) is 11.2 Å². The molecular weight excluding hydrogens is 246 g/mol. The van der Waals surface area contributed by atoms with Crippen LogP contribution in [-0.4, -0.2) is 30.3 Å². The molecule has 1 heterocycles. The number of carbonyl (C=O) groups is 1. The summed E-state index contributed by atoms with van der Waals surface area (Å²) >= 11 is 0. The summed E-state index contributed by atoms with van der Waals surface area (Å²) in [5, 5.41) is 0. The molecule has 1 fully saturated rings. The maximum Gasteiger partial charge on any atom is 0.169 e. The Labute approximate surface area is 123 Å². The molecule has 20 heavy (non-hydrogen) atoms. The quantitative estimate of drug-likeness (QED) is 0.755. The van der Waals surface area contributed by atoms with Crippen LogP contribution in [0, 0.1) is 11.3 Å². The standard InChI is InChI=1S/C18H27NO/c1-4-15-10-12-19(13-11-15)14-18(2,3)17(20)16-8-6-5-7-9-16/h5-9,15H,4,10-14H2,1-3H3. The summed E-state index contributed by atoms with van der Waals surface area (Å²) in [6, 6.07) is 9.69. The SMILES string of the molecule is CCC1CCN(CC(C)(C)C(=O)c2ccccc2)CC1. The van der Waals surface area contributed by atoms with E-state index in [1.54, 1.807) is 0 Å². The molecule has 0 atom stereocenters. The van der Waals surface area contributed by atoms with E-state index >= 15 is 0 Å². The maximum atomic E-state index is 12.6. The zero-order chi connectivity index (χ0) is 14.6. The van der Waals surface area contributed by atoms with Gasteiger partial charge in [-0.3, -0.25) is 4.79 Å². The van der Waals surface area contributed by atoms with Crippen LogP contribution in [0.4, 0.5) is 0 Å². The third kappa shape index (κ3) is 3.69. The summed E-state index contributed by atoms with van der Waals surface area (Å²) in [7, 11) is 0. The van der Waals surface area contributed by atoms with Crippen molar-refractivity contribution in [2.45, 2.75) is 40.0 Å². The third-order valence-corrected chi connectivity index (χ3v) is 4.55. The van der Waals surface area contributed by atoms with Gasteiger partial charge >= 0.3 is 0 Å². The third-order valence-electron chi connectivity index (χ3n) is 4.55. The number of hydrogen-bond donors (Lipinski definition) is 0. The Bertz CT molecular complexity index is 430. The second-order valence-electron chi connectivity index (χ2n) is 6.71. The molecule has 2 nitrogen and oxygen atoms in total. The van der Waals surface area contributed by atoms with Crippen molar-refractivity contribution in [1.29, 1.82) is 0 Å². The van der Waals surface area contributed by atoms with Crippen LogP contribution in [0.1, 0.15) is 50.4 Å². The van der Waals surface area contributed by atoms with Crippen LogP contribution in [-0.2, 0) is 0 Å². The highest BCUT2D eigenvalue weighted by atomic mass is 16.1. The van der Waals surface area contributed by atoms with Gasteiger partial charge in [0.05, 0.1) is 0 Å². The summed E-state index contributed by atoms with van der Waals surface area (Å²) in [5.41, 5.74) is 0.529. The van der Waals surface area contributed by atoms with Crippen LogP contribution in [0.25, 0.3) is 0 Å². The van der Waals surface area contributed by atoms with E-state index in [2.05, 4.69) is 25.7 Å². The molecule has 0 saturated carbocycles. The molecule has 0 aliphatic carbocycles. The average molecular weight is 273 g/mol. The first-order chi connectivity index (χ1) is 9.53. The Morgan fingerprint density at radius 2 is 1.80 bits per heavy atom. The molecule has 110 valence electrons. The second-order valence-corrected chi connectivity index (χ2v) is 6.71. The summed E-state index contributed by atoms with van der Waals surface area (Å²) in [4.78, 5) is 15.1. The fraction of sp³-hybridized carbons (Fsp3) is 0.611. The van der Waals surface area contributed by atoms with Crippen molar-refractivity contribution >= 4 is 5.78 Å². The molecule has 0 radical (unpaired) electrons. The summed E-state index contributed by atoms with van der Waals surface area (Å²) in [6.07, 6.45) is 3.86. The highest BCUT2D eigenvalue weighted by Gasteiger charge is 2.32. The van der Waals surface area contributed by atoms with Gasteiger partial charge in [0.25, 0.3) is 0 Å². The van der Waals surface area contributed by atoms with Gasteiger partial charge in [-0.2, -0.15) is 0 Å². The first-order valence-corrected chi connectivity index (χ1v) is 7.85. The average Bonchev–Trinajstić information content (AvgIpc) is 2.48. The number of nitrogens with zero attached hydrogens (tertiary/aromatic N) is 1. The van der Waals surface area contributed by atoms with Crippen LogP contribution < -0.4 is 0 Å². The van der Waals surface area contributed by atoms with Crippen molar-refractivity contribution in [3.63, 3.8) is 0 Å². The number of piperidine rings is 1. The summed E-state index contributed by atoms with van der Waals surface area (Å²) < 4.78 is 0. The first kappa shape index (κ1) is 15.2. The van der Waals surface area contributed by atoms with Crippen molar-refractivity contribution in [1.82, 2.24) is 4.90 Å². The summed E-state index contributed by atoms with van der Waals surface area (Å²) in [6.45, 7) is 9.59. The van der Waals surface area contributed by atoms with Crippen LogP contribution in [0.5, 0.6) is 0 Å². The number of Topliss-reactive ketones (excluding diaryl/α,β-unsaturated/α-hetero) is 1. The summed E-state index contributed by atoms with van der Waals surface area (Å²) in [5.74, 6) is 1.15. The normalized spacial score (nSPS) is 18.1. The van der Waals surface area contributed by atoms with Gasteiger partial charge in [0.1, 0.15) is 0 Å². The van der Waals surface area contributed by atoms with Gasteiger partial charge in [0.2, 0.25) is 0 Å². The Morgan fingerprint density at radius 1 is 1.20 bits per heavy atom. The Morgan fingerprint density at radius 3 is 2.35 bits per heavy atom. The van der Waals surface area contributed by atoms with Gasteiger partial charge < -0.3 is 4.90 Å². The van der Waals surface area contributed by atoms with E-state index < -0.39 is 0 Å². The molecule has 2 rings (SSSR count). The molecule has 0 unspecified atom stereocenters. The molecule has 1 aromatic carbocycles. The molecule has 1 aliphatic heterocycles. The zero-order valence-corrected chi connectivity index (χ0v) is 13.1. The van der Waals surface area contributed by atoms with Crippen molar-refractivity contribution in [2.75, 3.05) is 19.6 Å². The lowest BCUT2D eigenvalue weighted by atomic mass is 9.82. The molecule has 0 spiro atoms. The smallest absolute Gasteiger partial charge is 0.169 e. The molecule has 0 bridgehead atoms. The second kappa shape index (κ2) is 6.53. The lowest BCUT2D eigenvalue weighted by Crippen LogP contribution is -2.43. The van der Waals surface area contributed by atoms with E-state index in [0.29, 0.717) is 0 Å². The van der Waals surface area contributed by atoms with Crippen molar-refractivity contribution in [2.24, 2.45) is 11.3 Å². The van der Waals surface area contributed by atoms with E-state index in [1.165, 1.54) is 19.3 Å². The van der Waals surface area contributed by atoms with Gasteiger partial charge in [-0.05, 0) is 31.8 Å². The first-order valence-electron chi connectivity index (χ1n) is 7.85. The van der Waals surface area contributed by atoms with E-state index in [4.69, 9.17) is 0 Å². The van der Waals surface area contributed by atoms with Gasteiger partial charge in [0.15, 0.2) is 5.78 Å². The highest BCUT2D eigenvalue weighted by molar-refractivity contribution is 6.00. The fourth-order valence-corrected chi connectivity index (χ4v) is 3.16. The van der Waals surface area contributed by atoms with Gasteiger partial charge in [-0.15, -0.1) is 0 Å². The number of rotatable bonds is 5. The van der Waals surface area contributed by atoms with Gasteiger partial charge in [-0.1, -0.05) is 57.5 Å². The minimum Gasteiger partial charge on any atom is -0.302 e. The van der Waals surface area contributed by atoms with Crippen LogP contribution in [0.15, 0.2) is 30.3 Å². The molecule has 0 amide bonds. The molecule has 1 saturated heterocycles. The number of benzene rings is 1. The largest absolute Gasteiger partial charge is 0.302 e. The molecular formula is C18H27NO. The Kier molecular flexibility index (Phi) is 4.98. The predicted octanol–water partition coefficient (Wildman–Crippen LogP) is 4.02. The molecule has 2 heteroatoms. The molecule has 0 N–H and O–H groups in total. The predicted molar refractivity (Wildman–Crippen MR) is 84.0 cm³/mol. The number of hydrogen-bond acceptors (Lipinski definition) is 2. The van der Waals surface area contributed by atoms with Gasteiger partial charge in [0, 0.05) is 17.5 Å². The zero-order valence-electron chi connectivity index (χ0n) is 13.1. The fourth-order valence-electron chi connectivity index (χ4n) is 3.16. The van der Waals surface area contributed by atoms with Crippen LogP contribution in [0.3, 0.4) is 0 Å². The van der Waals surface area contributed by atoms with Crippen LogP contribution in [0.2, 0.25) is 0 Å². The lowest BCUT2D eigenvalue weighted by Gasteiger charge is -2.36. The van der Waals surface area contributed by atoms with Crippen molar-refractivity contribution in [3.05, 3.63) is 35.9 Å². The Balaban J connectivity index is 1.96. The maximum absolute atomic E-state index is 12.6. The van der Waals surface area contributed by atoms with Crippen LogP contribution >= 0.6 is 0 Å². The highest BCUT2D eigenvalue weighted by Crippen LogP contribution is 2.27. The molecule has 1 aromatic rings. The number of likely N-dealkylation sites (tertiary alicyclic amines) is 1. The van der Waals surface area contributed by atoms with Gasteiger partial charge in [-0.25, -0.2) is 0 Å². The monoisotopic (exact) mass is 273 g/mol. The number of carbonyl (C=O) groups excluding carboxylic acids is 1. The van der Waals surface area contributed by atoms with E-state index in [9.17, 15) is 4.79 Å². The lowest BCUT2D eigenvalue weighted by molar-refractivity contribution is 0.0718. The number of ketones is 1. The molecule has 1 aliphatic rings. The Hall–Kier alpha value is -1.15. The van der Waals surface area contributed by atoms with E-state index in [1.807, 2.05) is 30.3 Å². The topological polar surface area (TPSA) is 20.3 Å². The minimum atomic E-state index is -0.305.